The normalized spacial score (nSPS) is 24.9. The van der Waals surface area contributed by atoms with Crippen LogP contribution in [0, 0.1) is 0 Å². The van der Waals surface area contributed by atoms with Gasteiger partial charge < -0.3 is 29.3 Å². The average molecular weight is 415 g/mol. The number of hydrogen-bond acceptors (Lipinski definition) is 5. The molecule has 3 heterocycles. The molecule has 8 nitrogen and oxygen atoms in total. The van der Waals surface area contributed by atoms with Crippen molar-refractivity contribution < 1.29 is 23.8 Å². The molecule has 1 aromatic carbocycles. The summed E-state index contributed by atoms with van der Waals surface area (Å²) in [5.74, 6) is 0.979. The Morgan fingerprint density at radius 1 is 0.933 bits per heavy atom. The molecule has 1 spiro atoms. The second kappa shape index (κ2) is 7.98. The third kappa shape index (κ3) is 3.80. The predicted octanol–water partition coefficient (Wildman–Crippen LogP) is 2.97. The van der Waals surface area contributed by atoms with Crippen molar-refractivity contribution in [1.29, 1.82) is 0 Å². The van der Waals surface area contributed by atoms with Crippen LogP contribution in [0.3, 0.4) is 0 Å². The van der Waals surface area contributed by atoms with E-state index in [-0.39, 0.29) is 18.0 Å². The molecule has 0 aromatic heterocycles. The molecule has 162 valence electrons. The number of amides is 3. The SMILES string of the molecule is O=C(Nc1ccc2c(c1)OC1(CCCCC1)O2)N1CCN(C(=O)C2CCCO2)CC1. The lowest BCUT2D eigenvalue weighted by atomic mass is 9.94. The van der Waals surface area contributed by atoms with E-state index in [1.165, 1.54) is 6.42 Å². The van der Waals surface area contributed by atoms with E-state index in [0.29, 0.717) is 44.2 Å². The minimum absolute atomic E-state index is 0.0555. The third-order valence-electron chi connectivity index (χ3n) is 6.49. The first-order valence-corrected chi connectivity index (χ1v) is 11.1. The van der Waals surface area contributed by atoms with Crippen LogP contribution in [0.2, 0.25) is 0 Å². The van der Waals surface area contributed by atoms with Crippen LogP contribution in [0.5, 0.6) is 11.5 Å². The second-order valence-electron chi connectivity index (χ2n) is 8.58. The van der Waals surface area contributed by atoms with Crippen molar-refractivity contribution in [2.24, 2.45) is 0 Å². The van der Waals surface area contributed by atoms with Crippen LogP contribution < -0.4 is 14.8 Å². The van der Waals surface area contributed by atoms with Crippen molar-refractivity contribution in [3.63, 3.8) is 0 Å². The first kappa shape index (κ1) is 19.5. The largest absolute Gasteiger partial charge is 0.448 e. The first-order valence-electron chi connectivity index (χ1n) is 11.1. The molecular formula is C22H29N3O5. The van der Waals surface area contributed by atoms with Crippen LogP contribution in [0.1, 0.15) is 44.9 Å². The van der Waals surface area contributed by atoms with Crippen molar-refractivity contribution in [2.45, 2.75) is 56.8 Å². The molecule has 4 aliphatic rings. The minimum Gasteiger partial charge on any atom is -0.448 e. The van der Waals surface area contributed by atoms with E-state index in [1.807, 2.05) is 23.1 Å². The van der Waals surface area contributed by atoms with Gasteiger partial charge in [0.15, 0.2) is 11.5 Å². The molecule has 1 saturated carbocycles. The van der Waals surface area contributed by atoms with Gasteiger partial charge in [0.2, 0.25) is 0 Å². The fourth-order valence-electron chi connectivity index (χ4n) is 4.77. The number of nitrogens with one attached hydrogen (secondary N) is 1. The Morgan fingerprint density at radius 3 is 2.40 bits per heavy atom. The lowest BCUT2D eigenvalue weighted by molar-refractivity contribution is -0.142. The molecule has 1 N–H and O–H groups in total. The number of fused-ring (bicyclic) bond motifs is 1. The summed E-state index contributed by atoms with van der Waals surface area (Å²) < 4.78 is 17.7. The molecule has 30 heavy (non-hydrogen) atoms. The van der Waals surface area contributed by atoms with Crippen LogP contribution in [-0.4, -0.2) is 66.4 Å². The Hall–Kier alpha value is -2.48. The molecule has 8 heteroatoms. The monoisotopic (exact) mass is 415 g/mol. The maximum atomic E-state index is 12.7. The van der Waals surface area contributed by atoms with Crippen molar-refractivity contribution in [2.75, 3.05) is 38.1 Å². The zero-order valence-electron chi connectivity index (χ0n) is 17.2. The van der Waals surface area contributed by atoms with E-state index < -0.39 is 5.79 Å². The minimum atomic E-state index is -0.519. The summed E-state index contributed by atoms with van der Waals surface area (Å²) in [6.45, 7) is 2.76. The first-order chi connectivity index (χ1) is 14.6. The lowest BCUT2D eigenvalue weighted by Crippen LogP contribution is -2.53. The van der Waals surface area contributed by atoms with Crippen LogP contribution in [-0.2, 0) is 9.53 Å². The lowest BCUT2D eigenvalue weighted by Gasteiger charge is -2.35. The molecule has 3 fully saturated rings. The number of rotatable bonds is 2. The summed E-state index contributed by atoms with van der Waals surface area (Å²) in [5.41, 5.74) is 0.688. The summed E-state index contributed by atoms with van der Waals surface area (Å²) >= 11 is 0. The Morgan fingerprint density at radius 2 is 1.67 bits per heavy atom. The summed E-state index contributed by atoms with van der Waals surface area (Å²) in [6.07, 6.45) is 6.68. The van der Waals surface area contributed by atoms with Gasteiger partial charge in [0.1, 0.15) is 6.10 Å². The topological polar surface area (TPSA) is 80.3 Å². The number of ether oxygens (including phenoxy) is 3. The van der Waals surface area contributed by atoms with Crippen molar-refractivity contribution in [1.82, 2.24) is 9.80 Å². The van der Waals surface area contributed by atoms with Crippen LogP contribution in [0.4, 0.5) is 10.5 Å². The smallest absolute Gasteiger partial charge is 0.321 e. The van der Waals surface area contributed by atoms with Gasteiger partial charge in [-0.05, 0) is 37.8 Å². The number of urea groups is 1. The van der Waals surface area contributed by atoms with E-state index in [9.17, 15) is 9.59 Å². The molecule has 5 rings (SSSR count). The summed E-state index contributed by atoms with van der Waals surface area (Å²) in [6, 6.07) is 5.39. The molecule has 1 unspecified atom stereocenters. The second-order valence-corrected chi connectivity index (χ2v) is 8.58. The molecular weight excluding hydrogens is 386 g/mol. The average Bonchev–Trinajstić information content (AvgIpc) is 3.41. The molecule has 1 atom stereocenters. The van der Waals surface area contributed by atoms with Gasteiger partial charge in [0, 0.05) is 57.4 Å². The molecule has 3 amide bonds. The Kier molecular flexibility index (Phi) is 5.18. The van der Waals surface area contributed by atoms with Gasteiger partial charge in [-0.3, -0.25) is 4.79 Å². The van der Waals surface area contributed by atoms with E-state index in [2.05, 4.69) is 5.32 Å². The van der Waals surface area contributed by atoms with Gasteiger partial charge in [0.25, 0.3) is 11.7 Å². The zero-order valence-corrected chi connectivity index (χ0v) is 17.2. The summed E-state index contributed by atoms with van der Waals surface area (Å²) in [4.78, 5) is 28.7. The number of hydrogen-bond donors (Lipinski definition) is 1. The molecule has 1 aromatic rings. The highest BCUT2D eigenvalue weighted by atomic mass is 16.7. The van der Waals surface area contributed by atoms with Crippen molar-refractivity contribution >= 4 is 17.6 Å². The quantitative estimate of drug-likeness (QED) is 0.803. The van der Waals surface area contributed by atoms with E-state index in [1.54, 1.807) is 4.90 Å². The summed E-state index contributed by atoms with van der Waals surface area (Å²) in [5, 5.41) is 2.96. The standard InChI is InChI=1S/C22H29N3O5/c26-20(18-5-4-14-28-18)24-10-12-25(13-11-24)21(27)23-16-6-7-17-19(15-16)30-22(29-17)8-2-1-3-9-22/h6-7,15,18H,1-5,8-14H2,(H,23,27). The molecule has 3 aliphatic heterocycles. The maximum Gasteiger partial charge on any atom is 0.321 e. The van der Waals surface area contributed by atoms with Gasteiger partial charge in [0.05, 0.1) is 0 Å². The number of benzene rings is 1. The maximum absolute atomic E-state index is 12.7. The van der Waals surface area contributed by atoms with Gasteiger partial charge >= 0.3 is 6.03 Å². The van der Waals surface area contributed by atoms with E-state index in [4.69, 9.17) is 14.2 Å². The van der Waals surface area contributed by atoms with E-state index in [0.717, 1.165) is 44.3 Å². The highest BCUT2D eigenvalue weighted by molar-refractivity contribution is 5.90. The fraction of sp³-hybridized carbons (Fsp3) is 0.636. The van der Waals surface area contributed by atoms with Gasteiger partial charge in [-0.25, -0.2) is 4.79 Å². The molecule has 2 saturated heterocycles. The molecule has 1 aliphatic carbocycles. The highest BCUT2D eigenvalue weighted by Crippen LogP contribution is 2.46. The van der Waals surface area contributed by atoms with Gasteiger partial charge in [-0.15, -0.1) is 0 Å². The number of anilines is 1. The predicted molar refractivity (Wildman–Crippen MR) is 110 cm³/mol. The number of nitrogens with zero attached hydrogens (tertiary/aromatic N) is 2. The van der Waals surface area contributed by atoms with Crippen LogP contribution >= 0.6 is 0 Å². The number of piperazine rings is 1. The van der Waals surface area contributed by atoms with Crippen LogP contribution in [0.25, 0.3) is 0 Å². The zero-order chi connectivity index (χ0) is 20.6. The van der Waals surface area contributed by atoms with Crippen molar-refractivity contribution in [3.8, 4) is 11.5 Å². The summed E-state index contributed by atoms with van der Waals surface area (Å²) in [7, 11) is 0. The van der Waals surface area contributed by atoms with E-state index >= 15 is 0 Å². The number of carbonyl (C=O) groups excluding carboxylic acids is 2. The molecule has 0 radical (unpaired) electrons. The van der Waals surface area contributed by atoms with Gasteiger partial charge in [-0.1, -0.05) is 6.42 Å². The van der Waals surface area contributed by atoms with Crippen LogP contribution in [0.15, 0.2) is 18.2 Å². The van der Waals surface area contributed by atoms with Crippen molar-refractivity contribution in [3.05, 3.63) is 18.2 Å². The highest BCUT2D eigenvalue weighted by Gasteiger charge is 2.42. The van der Waals surface area contributed by atoms with Gasteiger partial charge in [-0.2, -0.15) is 0 Å². The number of carbonyl (C=O) groups is 2. The Balaban J connectivity index is 1.15. The Bertz CT molecular complexity index is 809. The third-order valence-corrected chi connectivity index (χ3v) is 6.49. The Labute approximate surface area is 176 Å². The molecule has 0 bridgehead atoms. The fourth-order valence-corrected chi connectivity index (χ4v) is 4.77.